The van der Waals surface area contributed by atoms with Crippen LogP contribution in [0.25, 0.3) is 10.9 Å². The van der Waals surface area contributed by atoms with Gasteiger partial charge in [-0.3, -0.25) is 14.2 Å². The number of fused-ring (bicyclic) bond motifs is 1. The molecule has 1 amide bonds. The van der Waals surface area contributed by atoms with E-state index in [0.29, 0.717) is 42.0 Å². The molecule has 0 radical (unpaired) electrons. The van der Waals surface area contributed by atoms with Gasteiger partial charge in [-0.25, -0.2) is 9.37 Å². The minimum absolute atomic E-state index is 0.0345. The standard InChI is InChI=1S/C21H22FN3O3S/c22-16-8-6-15(7-9-16)10-11-23-19(27)14-29-21-24-18-5-2-1-4-17(18)20(28)25(21)12-3-13-26/h1-2,4-9,26H,3,10-14H2,(H,23,27). The second-order valence-electron chi connectivity index (χ2n) is 6.46. The van der Waals surface area contributed by atoms with Gasteiger partial charge in [0, 0.05) is 19.7 Å². The molecule has 0 fully saturated rings. The fourth-order valence-corrected chi connectivity index (χ4v) is 3.72. The molecule has 0 atom stereocenters. The monoisotopic (exact) mass is 415 g/mol. The average Bonchev–Trinajstić information content (AvgIpc) is 2.73. The van der Waals surface area contributed by atoms with E-state index in [4.69, 9.17) is 5.11 Å². The predicted molar refractivity (Wildman–Crippen MR) is 112 cm³/mol. The Morgan fingerprint density at radius 2 is 1.93 bits per heavy atom. The van der Waals surface area contributed by atoms with E-state index in [1.807, 2.05) is 6.07 Å². The van der Waals surface area contributed by atoms with E-state index < -0.39 is 0 Å². The summed E-state index contributed by atoms with van der Waals surface area (Å²) >= 11 is 1.19. The number of aliphatic hydroxyl groups is 1. The van der Waals surface area contributed by atoms with Crippen molar-refractivity contribution in [2.75, 3.05) is 18.9 Å². The molecule has 6 nitrogen and oxygen atoms in total. The van der Waals surface area contributed by atoms with Crippen LogP contribution in [0, 0.1) is 5.82 Å². The number of hydrogen-bond donors (Lipinski definition) is 2. The largest absolute Gasteiger partial charge is 0.396 e. The number of amides is 1. The number of carbonyl (C=O) groups excluding carboxylic acids is 1. The number of benzene rings is 2. The number of aromatic nitrogens is 2. The number of carbonyl (C=O) groups is 1. The number of nitrogens with zero attached hydrogens (tertiary/aromatic N) is 2. The van der Waals surface area contributed by atoms with Crippen molar-refractivity contribution < 1.29 is 14.3 Å². The first-order chi connectivity index (χ1) is 14.1. The summed E-state index contributed by atoms with van der Waals surface area (Å²) in [6, 6.07) is 13.2. The summed E-state index contributed by atoms with van der Waals surface area (Å²) in [5, 5.41) is 12.9. The normalized spacial score (nSPS) is 11.0. The highest BCUT2D eigenvalue weighted by Crippen LogP contribution is 2.18. The lowest BCUT2D eigenvalue weighted by molar-refractivity contribution is -0.118. The van der Waals surface area contributed by atoms with Gasteiger partial charge < -0.3 is 10.4 Å². The molecule has 0 saturated carbocycles. The van der Waals surface area contributed by atoms with Gasteiger partial charge in [0.25, 0.3) is 5.56 Å². The van der Waals surface area contributed by atoms with Crippen LogP contribution < -0.4 is 10.9 Å². The van der Waals surface area contributed by atoms with Crippen LogP contribution in [0.15, 0.2) is 58.5 Å². The molecule has 0 aliphatic heterocycles. The summed E-state index contributed by atoms with van der Waals surface area (Å²) in [7, 11) is 0. The number of hydrogen-bond acceptors (Lipinski definition) is 5. The Bertz CT molecular complexity index is 1040. The SMILES string of the molecule is O=C(CSc1nc2ccccc2c(=O)n1CCCO)NCCc1ccc(F)cc1. The predicted octanol–water partition coefficient (Wildman–Crippen LogP) is 2.37. The van der Waals surface area contributed by atoms with Crippen LogP contribution in [0.5, 0.6) is 0 Å². The third-order valence-electron chi connectivity index (χ3n) is 4.35. The molecule has 3 rings (SSSR count). The highest BCUT2D eigenvalue weighted by molar-refractivity contribution is 7.99. The Kier molecular flexibility index (Phi) is 7.37. The van der Waals surface area contributed by atoms with Gasteiger partial charge >= 0.3 is 0 Å². The molecule has 2 aromatic carbocycles. The Morgan fingerprint density at radius 3 is 2.69 bits per heavy atom. The van der Waals surface area contributed by atoms with E-state index in [-0.39, 0.29) is 29.6 Å². The van der Waals surface area contributed by atoms with Crippen molar-refractivity contribution in [3.8, 4) is 0 Å². The molecule has 8 heteroatoms. The first-order valence-corrected chi connectivity index (χ1v) is 10.3. The van der Waals surface area contributed by atoms with E-state index >= 15 is 0 Å². The molecule has 29 heavy (non-hydrogen) atoms. The Hall–Kier alpha value is -2.71. The van der Waals surface area contributed by atoms with Crippen LogP contribution in [0.3, 0.4) is 0 Å². The van der Waals surface area contributed by atoms with E-state index in [9.17, 15) is 14.0 Å². The van der Waals surface area contributed by atoms with Crippen molar-refractivity contribution in [3.05, 3.63) is 70.3 Å². The van der Waals surface area contributed by atoms with Gasteiger partial charge in [-0.15, -0.1) is 0 Å². The van der Waals surface area contributed by atoms with Gasteiger partial charge in [0.05, 0.1) is 16.7 Å². The maximum atomic E-state index is 12.9. The zero-order valence-corrected chi connectivity index (χ0v) is 16.6. The highest BCUT2D eigenvalue weighted by atomic mass is 32.2. The van der Waals surface area contributed by atoms with Crippen LogP contribution in [0.1, 0.15) is 12.0 Å². The van der Waals surface area contributed by atoms with Crippen molar-refractivity contribution in [3.63, 3.8) is 0 Å². The summed E-state index contributed by atoms with van der Waals surface area (Å²) in [6.45, 7) is 0.739. The minimum atomic E-state index is -0.288. The third kappa shape index (κ3) is 5.65. The zero-order valence-electron chi connectivity index (χ0n) is 15.8. The van der Waals surface area contributed by atoms with E-state index in [1.165, 1.54) is 28.5 Å². The maximum Gasteiger partial charge on any atom is 0.262 e. The van der Waals surface area contributed by atoms with Crippen molar-refractivity contribution in [1.82, 2.24) is 14.9 Å². The first kappa shape index (κ1) is 21.0. The molecule has 1 heterocycles. The second kappa shape index (κ2) is 10.2. The third-order valence-corrected chi connectivity index (χ3v) is 5.32. The van der Waals surface area contributed by atoms with Gasteiger partial charge in [-0.1, -0.05) is 36.0 Å². The summed E-state index contributed by atoms with van der Waals surface area (Å²) in [4.78, 5) is 29.5. The molecular weight excluding hydrogens is 393 g/mol. The van der Waals surface area contributed by atoms with E-state index in [1.54, 1.807) is 30.3 Å². The number of halogens is 1. The van der Waals surface area contributed by atoms with Crippen LogP contribution in [0.2, 0.25) is 0 Å². The Balaban J connectivity index is 1.63. The summed E-state index contributed by atoms with van der Waals surface area (Å²) < 4.78 is 14.4. The van der Waals surface area contributed by atoms with Gasteiger partial charge in [-0.2, -0.15) is 0 Å². The molecular formula is C21H22FN3O3S. The van der Waals surface area contributed by atoms with Crippen LogP contribution in [-0.4, -0.2) is 39.5 Å². The lowest BCUT2D eigenvalue weighted by Gasteiger charge is -2.12. The smallest absolute Gasteiger partial charge is 0.262 e. The summed E-state index contributed by atoms with van der Waals surface area (Å²) in [5.41, 5.74) is 1.34. The molecule has 0 bridgehead atoms. The van der Waals surface area contributed by atoms with Crippen molar-refractivity contribution in [2.45, 2.75) is 24.5 Å². The minimum Gasteiger partial charge on any atom is -0.396 e. The number of para-hydroxylation sites is 1. The molecule has 0 aliphatic carbocycles. The Morgan fingerprint density at radius 1 is 1.17 bits per heavy atom. The number of aliphatic hydroxyl groups excluding tert-OH is 1. The molecule has 3 aromatic rings. The average molecular weight is 415 g/mol. The van der Waals surface area contributed by atoms with Crippen molar-refractivity contribution >= 4 is 28.6 Å². The Labute approximate surface area is 171 Å². The van der Waals surface area contributed by atoms with E-state index in [0.717, 1.165) is 5.56 Å². The van der Waals surface area contributed by atoms with Crippen LogP contribution in [0.4, 0.5) is 4.39 Å². The molecule has 1 aromatic heterocycles. The van der Waals surface area contributed by atoms with Crippen LogP contribution in [-0.2, 0) is 17.8 Å². The highest BCUT2D eigenvalue weighted by Gasteiger charge is 2.13. The number of rotatable bonds is 9. The van der Waals surface area contributed by atoms with Crippen molar-refractivity contribution in [2.24, 2.45) is 0 Å². The molecule has 0 aliphatic rings. The topological polar surface area (TPSA) is 84.2 Å². The van der Waals surface area contributed by atoms with Gasteiger partial charge in [-0.05, 0) is 42.7 Å². The summed E-state index contributed by atoms with van der Waals surface area (Å²) in [5.74, 6) is -0.342. The summed E-state index contributed by atoms with van der Waals surface area (Å²) in [6.07, 6.45) is 1.03. The van der Waals surface area contributed by atoms with Crippen LogP contribution >= 0.6 is 11.8 Å². The van der Waals surface area contributed by atoms with E-state index in [2.05, 4.69) is 10.3 Å². The van der Waals surface area contributed by atoms with Crippen molar-refractivity contribution in [1.29, 1.82) is 0 Å². The number of thioether (sulfide) groups is 1. The quantitative estimate of drug-likeness (QED) is 0.414. The first-order valence-electron chi connectivity index (χ1n) is 9.33. The van der Waals surface area contributed by atoms with Gasteiger partial charge in [0.15, 0.2) is 5.16 Å². The molecule has 152 valence electrons. The molecule has 0 unspecified atom stereocenters. The molecule has 0 spiro atoms. The fraction of sp³-hybridized carbons (Fsp3) is 0.286. The second-order valence-corrected chi connectivity index (χ2v) is 7.40. The van der Waals surface area contributed by atoms with Gasteiger partial charge in [0.1, 0.15) is 5.82 Å². The fourth-order valence-electron chi connectivity index (χ4n) is 2.86. The van der Waals surface area contributed by atoms with Gasteiger partial charge in [0.2, 0.25) is 5.91 Å². The molecule has 0 saturated heterocycles. The zero-order chi connectivity index (χ0) is 20.6. The maximum absolute atomic E-state index is 12.9. The lowest BCUT2D eigenvalue weighted by Crippen LogP contribution is -2.28. The molecule has 2 N–H and O–H groups in total. The lowest BCUT2D eigenvalue weighted by atomic mass is 10.1. The number of nitrogens with one attached hydrogen (secondary N) is 1.